The van der Waals surface area contributed by atoms with E-state index in [0.717, 1.165) is 43.8 Å². The zero-order chi connectivity index (χ0) is 29.3. The summed E-state index contributed by atoms with van der Waals surface area (Å²) >= 11 is 0. The molecule has 8 nitrogen and oxygen atoms in total. The van der Waals surface area contributed by atoms with E-state index in [1.165, 1.54) is 0 Å². The van der Waals surface area contributed by atoms with E-state index >= 15 is 0 Å². The number of nitrogens with one attached hydrogen (secondary N) is 2. The van der Waals surface area contributed by atoms with E-state index in [9.17, 15) is 10.1 Å². The lowest BCUT2D eigenvalue weighted by Gasteiger charge is -2.53. The third-order valence-electron chi connectivity index (χ3n) is 9.43. The fourth-order valence-electron chi connectivity index (χ4n) is 7.15. The van der Waals surface area contributed by atoms with Crippen molar-refractivity contribution in [2.24, 2.45) is 39.9 Å². The number of hydrogen-bond donors (Lipinski definition) is 3. The standard InChI is InChI=1S/C31H56N4O4/c1-18-14-20(29(2,3)4)26(21(15-18)30(5,6)7)24(39-37)17-25-33-27(35-34-25)19-12-13-23(38-11)22(16-19)32-28(36)31(8,9)10/h18-24,26,37H,12-17H2,1-11H3,(H,32,36)(H,33,34,35). The lowest BCUT2D eigenvalue weighted by atomic mass is 9.53. The summed E-state index contributed by atoms with van der Waals surface area (Å²) in [5, 5.41) is 21.2. The second-order valence-electron chi connectivity index (χ2n) is 15.7. The van der Waals surface area contributed by atoms with Crippen LogP contribution in [0.1, 0.15) is 119 Å². The van der Waals surface area contributed by atoms with Gasteiger partial charge in [-0.15, -0.1) is 0 Å². The molecule has 3 rings (SSSR count). The number of aromatic amines is 1. The molecule has 1 amide bonds. The van der Waals surface area contributed by atoms with Crippen molar-refractivity contribution in [2.75, 3.05) is 7.11 Å². The van der Waals surface area contributed by atoms with Crippen LogP contribution in [-0.2, 0) is 20.8 Å². The van der Waals surface area contributed by atoms with Crippen LogP contribution in [0.2, 0.25) is 0 Å². The first kappa shape index (κ1) is 32.0. The number of carbonyl (C=O) groups excluding carboxylic acids is 1. The molecule has 6 unspecified atom stereocenters. The monoisotopic (exact) mass is 548 g/mol. The molecule has 0 bridgehead atoms. The first-order valence-electron chi connectivity index (χ1n) is 15.0. The molecule has 3 N–H and O–H groups in total. The molecule has 2 fully saturated rings. The van der Waals surface area contributed by atoms with E-state index in [0.29, 0.717) is 24.2 Å². The average molecular weight is 549 g/mol. The number of ether oxygens (including phenoxy) is 1. The first-order valence-corrected chi connectivity index (χ1v) is 15.0. The Morgan fingerprint density at radius 3 is 2.10 bits per heavy atom. The minimum atomic E-state index is -0.463. The quantitative estimate of drug-likeness (QED) is 0.269. The van der Waals surface area contributed by atoms with Crippen LogP contribution >= 0.6 is 0 Å². The van der Waals surface area contributed by atoms with Gasteiger partial charge in [0.2, 0.25) is 5.91 Å². The van der Waals surface area contributed by atoms with Gasteiger partial charge in [-0.2, -0.15) is 5.10 Å². The second kappa shape index (κ2) is 12.2. The van der Waals surface area contributed by atoms with Crippen molar-refractivity contribution in [1.29, 1.82) is 0 Å². The molecule has 2 saturated carbocycles. The minimum Gasteiger partial charge on any atom is -0.379 e. The number of amides is 1. The van der Waals surface area contributed by atoms with E-state index in [4.69, 9.17) is 14.6 Å². The zero-order valence-corrected chi connectivity index (χ0v) is 26.4. The van der Waals surface area contributed by atoms with Crippen molar-refractivity contribution < 1.29 is 19.7 Å². The zero-order valence-electron chi connectivity index (χ0n) is 26.4. The van der Waals surface area contributed by atoms with Gasteiger partial charge < -0.3 is 10.1 Å². The first-order chi connectivity index (χ1) is 18.0. The summed E-state index contributed by atoms with van der Waals surface area (Å²) < 4.78 is 5.72. The summed E-state index contributed by atoms with van der Waals surface area (Å²) in [6.07, 6.45) is 4.83. The molecule has 2 aliphatic carbocycles. The highest BCUT2D eigenvalue weighted by atomic mass is 17.1. The fourth-order valence-corrected chi connectivity index (χ4v) is 7.15. The summed E-state index contributed by atoms with van der Waals surface area (Å²) in [7, 11) is 1.71. The van der Waals surface area contributed by atoms with Gasteiger partial charge in [-0.1, -0.05) is 69.2 Å². The molecule has 224 valence electrons. The van der Waals surface area contributed by atoms with Gasteiger partial charge in [0.05, 0.1) is 12.1 Å². The fraction of sp³-hybridized carbons (Fsp3) is 0.903. The van der Waals surface area contributed by atoms with E-state index in [-0.39, 0.29) is 46.8 Å². The van der Waals surface area contributed by atoms with Crippen molar-refractivity contribution in [1.82, 2.24) is 20.5 Å². The Kier molecular flexibility index (Phi) is 9.98. The third kappa shape index (κ3) is 7.82. The van der Waals surface area contributed by atoms with Crippen molar-refractivity contribution in [2.45, 2.75) is 132 Å². The molecule has 0 aliphatic heterocycles. The summed E-state index contributed by atoms with van der Waals surface area (Å²) in [6.45, 7) is 22.0. The van der Waals surface area contributed by atoms with Gasteiger partial charge in [-0.05, 0) is 66.6 Å². The maximum Gasteiger partial charge on any atom is 0.225 e. The number of carbonyl (C=O) groups is 1. The second-order valence-corrected chi connectivity index (χ2v) is 15.7. The van der Waals surface area contributed by atoms with Crippen molar-refractivity contribution in [3.8, 4) is 0 Å². The van der Waals surface area contributed by atoms with Crippen LogP contribution in [0.3, 0.4) is 0 Å². The SMILES string of the molecule is COC1CCC(c2n[nH]c(CC(OO)C3C(C(C)(C)C)CC(C)CC3C(C)(C)C)n2)CC1NC(=O)C(C)(C)C. The summed E-state index contributed by atoms with van der Waals surface area (Å²) in [5.74, 6) is 3.34. The predicted molar refractivity (Wildman–Crippen MR) is 154 cm³/mol. The number of hydrogen-bond acceptors (Lipinski definition) is 6. The molecule has 8 heteroatoms. The van der Waals surface area contributed by atoms with Crippen LogP contribution in [-0.4, -0.2) is 51.7 Å². The maximum absolute atomic E-state index is 12.7. The van der Waals surface area contributed by atoms with Gasteiger partial charge in [0.25, 0.3) is 0 Å². The molecule has 0 spiro atoms. The summed E-state index contributed by atoms with van der Waals surface area (Å²) in [4.78, 5) is 22.9. The summed E-state index contributed by atoms with van der Waals surface area (Å²) in [5.41, 5.74) is -0.271. The molecule has 1 aromatic rings. The van der Waals surface area contributed by atoms with Crippen LogP contribution < -0.4 is 5.32 Å². The lowest BCUT2D eigenvalue weighted by Crippen LogP contribution is -2.50. The van der Waals surface area contributed by atoms with Gasteiger partial charge in [-0.3, -0.25) is 15.2 Å². The van der Waals surface area contributed by atoms with Crippen molar-refractivity contribution >= 4 is 5.91 Å². The molecular formula is C31H56N4O4. The predicted octanol–water partition coefficient (Wildman–Crippen LogP) is 6.39. The Hall–Kier alpha value is -1.51. The largest absolute Gasteiger partial charge is 0.379 e. The Labute approximate surface area is 236 Å². The molecule has 0 aromatic carbocycles. The normalized spacial score (nSPS) is 31.6. The Bertz CT molecular complexity index is 918. The molecule has 6 atom stereocenters. The third-order valence-corrected chi connectivity index (χ3v) is 9.43. The summed E-state index contributed by atoms with van der Waals surface area (Å²) in [6, 6.07) is -0.0831. The molecule has 0 saturated heterocycles. The van der Waals surface area contributed by atoms with Crippen LogP contribution in [0.25, 0.3) is 0 Å². The molecular weight excluding hydrogens is 492 g/mol. The topological polar surface area (TPSA) is 109 Å². The number of aromatic nitrogens is 3. The van der Waals surface area contributed by atoms with Crippen molar-refractivity contribution in [3.63, 3.8) is 0 Å². The minimum absolute atomic E-state index is 0.0181. The molecule has 1 aromatic heterocycles. The van der Waals surface area contributed by atoms with E-state index in [1.807, 2.05) is 20.8 Å². The van der Waals surface area contributed by atoms with Gasteiger partial charge in [0, 0.05) is 24.9 Å². The average Bonchev–Trinajstić information content (AvgIpc) is 3.29. The Morgan fingerprint density at radius 2 is 1.62 bits per heavy atom. The van der Waals surface area contributed by atoms with Gasteiger partial charge >= 0.3 is 0 Å². The Balaban J connectivity index is 1.80. The van der Waals surface area contributed by atoms with E-state index < -0.39 is 5.41 Å². The number of nitrogens with zero attached hydrogens (tertiary/aromatic N) is 2. The van der Waals surface area contributed by atoms with Gasteiger partial charge in [-0.25, -0.2) is 9.87 Å². The van der Waals surface area contributed by atoms with Crippen LogP contribution in [0, 0.1) is 39.9 Å². The van der Waals surface area contributed by atoms with Crippen LogP contribution in [0.15, 0.2) is 0 Å². The molecule has 39 heavy (non-hydrogen) atoms. The highest BCUT2D eigenvalue weighted by molar-refractivity contribution is 5.81. The maximum atomic E-state index is 12.7. The van der Waals surface area contributed by atoms with E-state index in [1.54, 1.807) is 7.11 Å². The highest BCUT2D eigenvalue weighted by Gasteiger charge is 2.49. The lowest BCUT2D eigenvalue weighted by molar-refractivity contribution is -0.306. The number of rotatable bonds is 7. The molecule has 1 heterocycles. The molecule has 0 radical (unpaired) electrons. The number of H-pyrrole nitrogens is 1. The van der Waals surface area contributed by atoms with Gasteiger partial charge in [0.15, 0.2) is 5.82 Å². The van der Waals surface area contributed by atoms with Crippen LogP contribution in [0.5, 0.6) is 0 Å². The Morgan fingerprint density at radius 1 is 1.03 bits per heavy atom. The van der Waals surface area contributed by atoms with Gasteiger partial charge in [0.1, 0.15) is 11.9 Å². The number of methoxy groups -OCH3 is 1. The highest BCUT2D eigenvalue weighted by Crippen LogP contribution is 2.53. The smallest absolute Gasteiger partial charge is 0.225 e. The van der Waals surface area contributed by atoms with E-state index in [2.05, 4.69) is 64.0 Å². The van der Waals surface area contributed by atoms with Crippen LogP contribution in [0.4, 0.5) is 0 Å². The van der Waals surface area contributed by atoms with Crippen molar-refractivity contribution in [3.05, 3.63) is 11.6 Å². The molecule has 2 aliphatic rings.